The molecule has 106 valence electrons. The normalized spacial score (nSPS) is 12.4. The molecule has 20 heavy (non-hydrogen) atoms. The molecule has 0 saturated heterocycles. The molecule has 0 spiro atoms. The average molecular weight is 293 g/mol. The lowest BCUT2D eigenvalue weighted by molar-refractivity contribution is 0.563. The van der Waals surface area contributed by atoms with Crippen molar-refractivity contribution in [2.24, 2.45) is 5.73 Å². The van der Waals surface area contributed by atoms with E-state index in [1.165, 1.54) is 23.3 Å². The van der Waals surface area contributed by atoms with E-state index >= 15 is 0 Å². The first-order chi connectivity index (χ1) is 9.58. The molecular weight excluding hydrogens is 276 g/mol. The van der Waals surface area contributed by atoms with Crippen LogP contribution in [0.5, 0.6) is 0 Å². The molecular formula is C16H17F2NS. The van der Waals surface area contributed by atoms with Gasteiger partial charge in [0.05, 0.1) is 0 Å². The number of halogens is 2. The molecule has 0 fully saturated rings. The molecule has 0 heterocycles. The SMILES string of the molecule is Cc1ccccc1CSCC(N)c1ccc(F)cc1F. The summed E-state index contributed by atoms with van der Waals surface area (Å²) in [5.41, 5.74) is 8.82. The Morgan fingerprint density at radius 2 is 1.90 bits per heavy atom. The van der Waals surface area contributed by atoms with Crippen LogP contribution < -0.4 is 5.73 Å². The van der Waals surface area contributed by atoms with Crippen molar-refractivity contribution in [3.05, 3.63) is 70.8 Å². The van der Waals surface area contributed by atoms with Gasteiger partial charge in [-0.3, -0.25) is 0 Å². The van der Waals surface area contributed by atoms with E-state index in [1.54, 1.807) is 11.8 Å². The minimum atomic E-state index is -0.578. The Balaban J connectivity index is 1.92. The van der Waals surface area contributed by atoms with E-state index in [-0.39, 0.29) is 0 Å². The second kappa shape index (κ2) is 6.86. The number of hydrogen-bond acceptors (Lipinski definition) is 2. The number of thioether (sulfide) groups is 1. The third-order valence-corrected chi connectivity index (χ3v) is 4.29. The average Bonchev–Trinajstić information content (AvgIpc) is 2.40. The lowest BCUT2D eigenvalue weighted by Crippen LogP contribution is -2.15. The van der Waals surface area contributed by atoms with Crippen molar-refractivity contribution in [1.29, 1.82) is 0 Å². The Labute approximate surface area is 122 Å². The molecule has 0 bridgehead atoms. The van der Waals surface area contributed by atoms with E-state index in [2.05, 4.69) is 19.1 Å². The summed E-state index contributed by atoms with van der Waals surface area (Å²) in [6.45, 7) is 2.06. The molecule has 2 N–H and O–H groups in total. The Hall–Kier alpha value is -1.39. The maximum Gasteiger partial charge on any atom is 0.130 e. The Kier molecular flexibility index (Phi) is 5.15. The summed E-state index contributed by atoms with van der Waals surface area (Å²) in [5, 5.41) is 0. The largest absolute Gasteiger partial charge is 0.323 e. The predicted octanol–water partition coefficient (Wildman–Crippen LogP) is 4.21. The van der Waals surface area contributed by atoms with Crippen molar-refractivity contribution in [3.63, 3.8) is 0 Å². The third kappa shape index (κ3) is 3.81. The van der Waals surface area contributed by atoms with Gasteiger partial charge in [-0.2, -0.15) is 11.8 Å². The Morgan fingerprint density at radius 1 is 1.15 bits per heavy atom. The van der Waals surface area contributed by atoms with Gasteiger partial charge in [0.2, 0.25) is 0 Å². The molecule has 2 rings (SSSR count). The van der Waals surface area contributed by atoms with Crippen LogP contribution in [-0.2, 0) is 5.75 Å². The fraction of sp³-hybridized carbons (Fsp3) is 0.250. The van der Waals surface area contributed by atoms with Gasteiger partial charge >= 0.3 is 0 Å². The summed E-state index contributed by atoms with van der Waals surface area (Å²) in [4.78, 5) is 0. The first-order valence-electron chi connectivity index (χ1n) is 6.40. The van der Waals surface area contributed by atoms with Gasteiger partial charge in [0.15, 0.2) is 0 Å². The van der Waals surface area contributed by atoms with Crippen molar-refractivity contribution in [2.75, 3.05) is 5.75 Å². The van der Waals surface area contributed by atoms with Gasteiger partial charge in [-0.1, -0.05) is 30.3 Å². The highest BCUT2D eigenvalue weighted by Gasteiger charge is 2.12. The number of hydrogen-bond donors (Lipinski definition) is 1. The van der Waals surface area contributed by atoms with Crippen LogP contribution in [0.3, 0.4) is 0 Å². The van der Waals surface area contributed by atoms with Gasteiger partial charge in [-0.15, -0.1) is 0 Å². The van der Waals surface area contributed by atoms with E-state index < -0.39 is 17.7 Å². The van der Waals surface area contributed by atoms with Crippen molar-refractivity contribution < 1.29 is 8.78 Å². The van der Waals surface area contributed by atoms with Crippen LogP contribution in [-0.4, -0.2) is 5.75 Å². The summed E-state index contributed by atoms with van der Waals surface area (Å²) in [6, 6.07) is 11.3. The van der Waals surface area contributed by atoms with E-state index in [1.807, 2.05) is 12.1 Å². The lowest BCUT2D eigenvalue weighted by Gasteiger charge is -2.13. The maximum absolute atomic E-state index is 13.6. The molecule has 1 nitrogen and oxygen atoms in total. The summed E-state index contributed by atoms with van der Waals surface area (Å²) in [6.07, 6.45) is 0. The van der Waals surface area contributed by atoms with Gasteiger partial charge in [-0.25, -0.2) is 8.78 Å². The maximum atomic E-state index is 13.6. The zero-order valence-corrected chi connectivity index (χ0v) is 12.1. The number of aryl methyl sites for hydroxylation is 1. The van der Waals surface area contributed by atoms with E-state index in [9.17, 15) is 8.78 Å². The van der Waals surface area contributed by atoms with Crippen molar-refractivity contribution >= 4 is 11.8 Å². The van der Waals surface area contributed by atoms with Gasteiger partial charge < -0.3 is 5.73 Å². The molecule has 4 heteroatoms. The van der Waals surface area contributed by atoms with Crippen LogP contribution in [0.4, 0.5) is 8.78 Å². The van der Waals surface area contributed by atoms with Crippen molar-refractivity contribution in [1.82, 2.24) is 0 Å². The third-order valence-electron chi connectivity index (χ3n) is 3.18. The number of nitrogens with two attached hydrogens (primary N) is 1. The van der Waals surface area contributed by atoms with Gasteiger partial charge in [-0.05, 0) is 24.1 Å². The van der Waals surface area contributed by atoms with Crippen LogP contribution in [0.15, 0.2) is 42.5 Å². The first kappa shape index (κ1) is 15.0. The molecule has 0 aliphatic carbocycles. The molecule has 1 atom stereocenters. The molecule has 2 aromatic carbocycles. The summed E-state index contributed by atoms with van der Waals surface area (Å²) >= 11 is 1.65. The van der Waals surface area contributed by atoms with E-state index in [4.69, 9.17) is 5.73 Å². The second-order valence-electron chi connectivity index (χ2n) is 4.71. The molecule has 0 aliphatic heterocycles. The highest BCUT2D eigenvalue weighted by Crippen LogP contribution is 2.23. The Morgan fingerprint density at radius 3 is 2.60 bits per heavy atom. The fourth-order valence-electron chi connectivity index (χ4n) is 1.96. The summed E-state index contributed by atoms with van der Waals surface area (Å²) in [5.74, 6) is 0.278. The smallest absolute Gasteiger partial charge is 0.130 e. The summed E-state index contributed by atoms with van der Waals surface area (Å²) in [7, 11) is 0. The molecule has 1 unspecified atom stereocenters. The molecule has 0 aliphatic rings. The van der Waals surface area contributed by atoms with Gasteiger partial charge in [0.1, 0.15) is 11.6 Å². The quantitative estimate of drug-likeness (QED) is 0.894. The minimum Gasteiger partial charge on any atom is -0.323 e. The highest BCUT2D eigenvalue weighted by atomic mass is 32.2. The van der Waals surface area contributed by atoms with Gasteiger partial charge in [0, 0.05) is 29.2 Å². The van der Waals surface area contributed by atoms with Gasteiger partial charge in [0.25, 0.3) is 0 Å². The monoisotopic (exact) mass is 293 g/mol. The topological polar surface area (TPSA) is 26.0 Å². The molecule has 0 saturated carbocycles. The second-order valence-corrected chi connectivity index (χ2v) is 5.74. The summed E-state index contributed by atoms with van der Waals surface area (Å²) < 4.78 is 26.4. The Bertz CT molecular complexity index is 586. The minimum absolute atomic E-state index is 0.365. The lowest BCUT2D eigenvalue weighted by atomic mass is 10.1. The number of benzene rings is 2. The van der Waals surface area contributed by atoms with Crippen LogP contribution in [0.1, 0.15) is 22.7 Å². The zero-order chi connectivity index (χ0) is 14.5. The molecule has 0 amide bonds. The van der Waals surface area contributed by atoms with Crippen LogP contribution >= 0.6 is 11.8 Å². The van der Waals surface area contributed by atoms with E-state index in [0.717, 1.165) is 11.8 Å². The standard InChI is InChI=1S/C16H17F2NS/c1-11-4-2-3-5-12(11)9-20-10-16(19)14-7-6-13(17)8-15(14)18/h2-8,16H,9-10,19H2,1H3. The van der Waals surface area contributed by atoms with E-state index in [0.29, 0.717) is 11.3 Å². The fourth-order valence-corrected chi connectivity index (χ4v) is 3.06. The predicted molar refractivity (Wildman–Crippen MR) is 80.6 cm³/mol. The van der Waals surface area contributed by atoms with Crippen LogP contribution in [0.2, 0.25) is 0 Å². The first-order valence-corrected chi connectivity index (χ1v) is 7.56. The highest BCUT2D eigenvalue weighted by molar-refractivity contribution is 7.98. The number of rotatable bonds is 5. The van der Waals surface area contributed by atoms with Crippen LogP contribution in [0.25, 0.3) is 0 Å². The molecule has 0 radical (unpaired) electrons. The van der Waals surface area contributed by atoms with Crippen molar-refractivity contribution in [2.45, 2.75) is 18.7 Å². The molecule has 2 aromatic rings. The zero-order valence-electron chi connectivity index (χ0n) is 11.3. The van der Waals surface area contributed by atoms with Crippen LogP contribution in [0, 0.1) is 18.6 Å². The van der Waals surface area contributed by atoms with Crippen molar-refractivity contribution in [3.8, 4) is 0 Å². The molecule has 0 aromatic heterocycles.